The van der Waals surface area contributed by atoms with Gasteiger partial charge in [-0.15, -0.1) is 11.3 Å². The molecule has 0 radical (unpaired) electrons. The second-order valence-electron chi connectivity index (χ2n) is 9.36. The molecule has 2 aliphatic rings. The normalized spacial score (nSPS) is 20.7. The molecule has 1 aliphatic carbocycles. The van der Waals surface area contributed by atoms with Crippen LogP contribution in [-0.2, 0) is 0 Å². The van der Waals surface area contributed by atoms with E-state index in [4.69, 9.17) is 4.74 Å². The molecule has 1 aromatic heterocycles. The van der Waals surface area contributed by atoms with E-state index in [1.165, 1.54) is 0 Å². The number of amides is 2. The molecule has 34 heavy (non-hydrogen) atoms. The number of ether oxygens (including phenoxy) is 1. The van der Waals surface area contributed by atoms with Gasteiger partial charge in [0.25, 0.3) is 11.8 Å². The molecule has 1 N–H and O–H groups in total. The number of carbonyl (C=O) groups excluding carboxylic acids is 2. The van der Waals surface area contributed by atoms with Crippen LogP contribution in [0.4, 0.5) is 0 Å². The van der Waals surface area contributed by atoms with Gasteiger partial charge in [-0.2, -0.15) is 0 Å². The number of aryl methyl sites for hydroxylation is 3. The van der Waals surface area contributed by atoms with Crippen molar-refractivity contribution in [3.05, 3.63) is 69.9 Å². The number of methoxy groups -OCH3 is 1. The van der Waals surface area contributed by atoms with Gasteiger partial charge in [-0.25, -0.2) is 4.98 Å². The monoisotopic (exact) mass is 475 g/mol. The molecule has 2 heterocycles. The van der Waals surface area contributed by atoms with E-state index in [0.29, 0.717) is 29.6 Å². The summed E-state index contributed by atoms with van der Waals surface area (Å²) in [6.45, 7) is 7.07. The highest BCUT2D eigenvalue weighted by Crippen LogP contribution is 2.50. The fraction of sp³-hybridized carbons (Fsp3) is 0.370. The molecule has 1 saturated carbocycles. The van der Waals surface area contributed by atoms with Crippen molar-refractivity contribution in [2.24, 2.45) is 11.8 Å². The van der Waals surface area contributed by atoms with Crippen molar-refractivity contribution >= 4 is 23.2 Å². The summed E-state index contributed by atoms with van der Waals surface area (Å²) in [5, 5.41) is 3.96. The van der Waals surface area contributed by atoms with E-state index in [9.17, 15) is 9.59 Å². The van der Waals surface area contributed by atoms with Gasteiger partial charge < -0.3 is 15.0 Å². The van der Waals surface area contributed by atoms with E-state index < -0.39 is 0 Å². The minimum atomic E-state index is -0.124. The van der Waals surface area contributed by atoms with Gasteiger partial charge in [-0.3, -0.25) is 9.59 Å². The van der Waals surface area contributed by atoms with Crippen LogP contribution in [0.3, 0.4) is 0 Å². The number of nitrogens with zero attached hydrogens (tertiary/aromatic N) is 2. The van der Waals surface area contributed by atoms with Gasteiger partial charge in [0.15, 0.2) is 0 Å². The minimum absolute atomic E-state index is 0.00706. The van der Waals surface area contributed by atoms with Crippen molar-refractivity contribution in [2.45, 2.75) is 33.2 Å². The molecule has 1 aliphatic heterocycles. The van der Waals surface area contributed by atoms with Crippen molar-refractivity contribution in [3.63, 3.8) is 0 Å². The number of benzene rings is 2. The zero-order valence-electron chi connectivity index (χ0n) is 19.9. The first-order chi connectivity index (χ1) is 16.4. The van der Waals surface area contributed by atoms with Crippen LogP contribution < -0.4 is 10.1 Å². The average molecular weight is 476 g/mol. The predicted molar refractivity (Wildman–Crippen MR) is 134 cm³/mol. The highest BCUT2D eigenvalue weighted by atomic mass is 32.1. The van der Waals surface area contributed by atoms with E-state index in [1.54, 1.807) is 30.6 Å². The lowest BCUT2D eigenvalue weighted by Crippen LogP contribution is -2.45. The third-order valence-electron chi connectivity index (χ3n) is 6.93. The fourth-order valence-corrected chi connectivity index (χ4v) is 5.97. The molecular weight excluding hydrogens is 446 g/mol. The number of thiazole rings is 1. The van der Waals surface area contributed by atoms with Crippen LogP contribution in [0.2, 0.25) is 0 Å². The molecular formula is C27H29N3O3S. The molecule has 2 fully saturated rings. The summed E-state index contributed by atoms with van der Waals surface area (Å²) in [6, 6.07) is 13.6. The Morgan fingerprint density at radius 1 is 1.18 bits per heavy atom. The average Bonchev–Trinajstić information content (AvgIpc) is 3.33. The molecule has 0 bridgehead atoms. The Morgan fingerprint density at radius 3 is 2.74 bits per heavy atom. The van der Waals surface area contributed by atoms with Crippen LogP contribution >= 0.6 is 11.3 Å². The Balaban J connectivity index is 1.34. The third-order valence-corrected chi connectivity index (χ3v) is 7.95. The van der Waals surface area contributed by atoms with Crippen LogP contribution in [0.1, 0.15) is 43.4 Å². The van der Waals surface area contributed by atoms with Gasteiger partial charge >= 0.3 is 0 Å². The van der Waals surface area contributed by atoms with Crippen molar-refractivity contribution in [2.75, 3.05) is 20.2 Å². The zero-order chi connectivity index (χ0) is 24.0. The standard InChI is InChI=1S/C27H29N3O3S/c1-15-6-5-7-18(10-15)25-24(29-17(3)34-25)27(32)30-14-19-12-22(19)23(30)13-28-26(31)21-9-8-20(33-4)11-16(21)2/h5-11,19,22-23H,12-14H2,1-4H3,(H,28,31)/t19-,22?,23+/m0/s1. The van der Waals surface area contributed by atoms with E-state index in [2.05, 4.69) is 29.4 Å². The Bertz CT molecular complexity index is 1270. The first-order valence-electron chi connectivity index (χ1n) is 11.6. The molecule has 0 spiro atoms. The number of nitrogens with one attached hydrogen (secondary N) is 1. The van der Waals surface area contributed by atoms with Crippen molar-refractivity contribution in [1.82, 2.24) is 15.2 Å². The largest absolute Gasteiger partial charge is 0.497 e. The SMILES string of the molecule is COc1ccc(C(=O)NC[C@@H]2C3C[C@H]3CN2C(=O)c2nc(C)sc2-c2cccc(C)c2)c(C)c1. The third kappa shape index (κ3) is 4.20. The van der Waals surface area contributed by atoms with Crippen LogP contribution in [0.15, 0.2) is 42.5 Å². The predicted octanol–water partition coefficient (Wildman–Crippen LogP) is 4.63. The molecule has 5 rings (SSSR count). The summed E-state index contributed by atoms with van der Waals surface area (Å²) in [5.41, 5.74) is 4.19. The number of likely N-dealkylation sites (tertiary alicyclic amines) is 1. The van der Waals surface area contributed by atoms with Crippen LogP contribution in [-0.4, -0.2) is 47.9 Å². The van der Waals surface area contributed by atoms with Crippen LogP contribution in [0.5, 0.6) is 5.75 Å². The highest BCUT2D eigenvalue weighted by Gasteiger charge is 2.54. The van der Waals surface area contributed by atoms with Crippen LogP contribution in [0.25, 0.3) is 10.4 Å². The van der Waals surface area contributed by atoms with E-state index >= 15 is 0 Å². The highest BCUT2D eigenvalue weighted by molar-refractivity contribution is 7.15. The molecule has 2 amide bonds. The second kappa shape index (κ2) is 8.87. The summed E-state index contributed by atoms with van der Waals surface area (Å²) in [5.74, 6) is 1.54. The smallest absolute Gasteiger partial charge is 0.274 e. The summed E-state index contributed by atoms with van der Waals surface area (Å²) >= 11 is 1.56. The van der Waals surface area contributed by atoms with Crippen molar-refractivity contribution < 1.29 is 14.3 Å². The maximum absolute atomic E-state index is 13.7. The Morgan fingerprint density at radius 2 is 2.00 bits per heavy atom. The molecule has 1 saturated heterocycles. The summed E-state index contributed by atoms with van der Waals surface area (Å²) in [7, 11) is 1.61. The Hall–Kier alpha value is -3.19. The minimum Gasteiger partial charge on any atom is -0.497 e. The summed E-state index contributed by atoms with van der Waals surface area (Å²) in [6.07, 6.45) is 1.12. The molecule has 176 valence electrons. The number of piperidine rings is 1. The van der Waals surface area contributed by atoms with Gasteiger partial charge in [0.1, 0.15) is 11.4 Å². The Labute approximate surface area is 204 Å². The van der Waals surface area contributed by atoms with Gasteiger partial charge in [-0.1, -0.05) is 29.8 Å². The number of carbonyl (C=O) groups is 2. The summed E-state index contributed by atoms with van der Waals surface area (Å²) in [4.78, 5) is 34.1. The number of aromatic nitrogens is 1. The molecule has 7 heteroatoms. The maximum atomic E-state index is 13.7. The molecule has 3 aromatic rings. The zero-order valence-corrected chi connectivity index (χ0v) is 20.7. The van der Waals surface area contributed by atoms with Gasteiger partial charge in [0.2, 0.25) is 0 Å². The summed E-state index contributed by atoms with van der Waals surface area (Å²) < 4.78 is 5.24. The topological polar surface area (TPSA) is 71.5 Å². The lowest BCUT2D eigenvalue weighted by atomic mass is 10.1. The molecule has 6 nitrogen and oxygen atoms in total. The first kappa shape index (κ1) is 22.6. The van der Waals surface area contributed by atoms with Gasteiger partial charge in [-0.05, 0) is 68.4 Å². The second-order valence-corrected chi connectivity index (χ2v) is 10.6. The molecule has 2 aromatic carbocycles. The quantitative estimate of drug-likeness (QED) is 0.564. The van der Waals surface area contributed by atoms with Crippen LogP contribution in [0, 0.1) is 32.6 Å². The number of hydrogen-bond acceptors (Lipinski definition) is 5. The fourth-order valence-electron chi connectivity index (χ4n) is 5.07. The van der Waals surface area contributed by atoms with Gasteiger partial charge in [0.05, 0.1) is 23.0 Å². The van der Waals surface area contributed by atoms with Gasteiger partial charge in [0, 0.05) is 18.7 Å². The maximum Gasteiger partial charge on any atom is 0.274 e. The molecule has 3 atom stereocenters. The number of hydrogen-bond donors (Lipinski definition) is 1. The lowest BCUT2D eigenvalue weighted by molar-refractivity contribution is 0.0690. The van der Waals surface area contributed by atoms with E-state index in [1.807, 2.05) is 36.9 Å². The Kier molecular flexibility index (Phi) is 5.90. The lowest BCUT2D eigenvalue weighted by Gasteiger charge is -2.27. The van der Waals surface area contributed by atoms with E-state index in [0.717, 1.165) is 45.3 Å². The first-order valence-corrected chi connectivity index (χ1v) is 12.5. The number of rotatable bonds is 6. The van der Waals surface area contributed by atoms with E-state index in [-0.39, 0.29) is 17.9 Å². The molecule has 1 unspecified atom stereocenters. The number of fused-ring (bicyclic) bond motifs is 1. The van der Waals surface area contributed by atoms with Crippen molar-refractivity contribution in [1.29, 1.82) is 0 Å². The van der Waals surface area contributed by atoms with Crippen molar-refractivity contribution in [3.8, 4) is 16.2 Å².